The largest absolute Gasteiger partial charge is 0.375 e. The van der Waals surface area contributed by atoms with Crippen LogP contribution >= 0.6 is 11.3 Å². The first-order valence-electron chi connectivity index (χ1n) is 5.49. The fraction of sp³-hybridized carbons (Fsp3) is 0.417. The van der Waals surface area contributed by atoms with Gasteiger partial charge in [-0.2, -0.15) is 0 Å². The number of hydrogen-bond donors (Lipinski definition) is 1. The zero-order valence-corrected chi connectivity index (χ0v) is 11.3. The molecule has 2 N–H and O–H groups in total. The van der Waals surface area contributed by atoms with E-state index >= 15 is 0 Å². The Balaban J connectivity index is 0.000000509. The van der Waals surface area contributed by atoms with E-state index in [-0.39, 0.29) is 5.82 Å². The second-order valence-corrected chi connectivity index (χ2v) is 3.62. The van der Waals surface area contributed by atoms with Gasteiger partial charge in [-0.25, -0.2) is 9.37 Å². The molecule has 0 bridgehead atoms. The predicted octanol–water partition coefficient (Wildman–Crippen LogP) is 4.38. The number of nitrogens with two attached hydrogens (primary N) is 1. The lowest BCUT2D eigenvalue weighted by Gasteiger charge is -1.93. The summed E-state index contributed by atoms with van der Waals surface area (Å²) in [6.45, 7) is 9.92. The van der Waals surface area contributed by atoms with E-state index in [0.717, 1.165) is 10.3 Å². The number of thiazole rings is 1. The molecule has 1 aromatic carbocycles. The predicted molar refractivity (Wildman–Crippen MR) is 71.4 cm³/mol. The Morgan fingerprint density at radius 1 is 1.19 bits per heavy atom. The van der Waals surface area contributed by atoms with Gasteiger partial charge in [-0.3, -0.25) is 0 Å². The number of nitrogens with zero attached hydrogens (tertiary/aromatic N) is 1. The molecule has 2 nitrogen and oxygen atoms in total. The van der Waals surface area contributed by atoms with Crippen LogP contribution in [-0.4, -0.2) is 4.98 Å². The second kappa shape index (κ2) is 7.17. The SMILES string of the molecule is CC.CC.Cc1ccc(F)c2nc(N)sc12. The molecule has 0 aliphatic carbocycles. The Labute approximate surface area is 100 Å². The van der Waals surface area contributed by atoms with Gasteiger partial charge in [-0.1, -0.05) is 45.1 Å². The number of nitrogen functional groups attached to an aromatic ring is 1. The van der Waals surface area contributed by atoms with Crippen molar-refractivity contribution in [2.24, 2.45) is 0 Å². The summed E-state index contributed by atoms with van der Waals surface area (Å²) < 4.78 is 13.9. The summed E-state index contributed by atoms with van der Waals surface area (Å²) in [5.41, 5.74) is 6.87. The normalized spacial score (nSPS) is 8.88. The van der Waals surface area contributed by atoms with Crippen LogP contribution in [0.2, 0.25) is 0 Å². The van der Waals surface area contributed by atoms with Gasteiger partial charge in [0.2, 0.25) is 0 Å². The van der Waals surface area contributed by atoms with Gasteiger partial charge >= 0.3 is 0 Å². The van der Waals surface area contributed by atoms with Gasteiger partial charge in [-0.15, -0.1) is 0 Å². The van der Waals surface area contributed by atoms with E-state index in [1.165, 1.54) is 17.4 Å². The monoisotopic (exact) mass is 242 g/mol. The lowest BCUT2D eigenvalue weighted by molar-refractivity contribution is 0.637. The van der Waals surface area contributed by atoms with Crippen molar-refractivity contribution in [3.63, 3.8) is 0 Å². The minimum Gasteiger partial charge on any atom is -0.375 e. The van der Waals surface area contributed by atoms with Crippen molar-refractivity contribution in [2.45, 2.75) is 34.6 Å². The Bertz CT molecular complexity index is 399. The maximum atomic E-state index is 13.1. The average molecular weight is 242 g/mol. The van der Waals surface area contributed by atoms with Crippen LogP contribution in [0.15, 0.2) is 12.1 Å². The van der Waals surface area contributed by atoms with Crippen molar-refractivity contribution in [1.29, 1.82) is 0 Å². The van der Waals surface area contributed by atoms with E-state index in [0.29, 0.717) is 10.6 Å². The number of aromatic nitrogens is 1. The first-order valence-corrected chi connectivity index (χ1v) is 6.31. The van der Waals surface area contributed by atoms with E-state index in [9.17, 15) is 4.39 Å². The van der Waals surface area contributed by atoms with Crippen molar-refractivity contribution in [3.05, 3.63) is 23.5 Å². The van der Waals surface area contributed by atoms with Crippen molar-refractivity contribution in [3.8, 4) is 0 Å². The fourth-order valence-corrected chi connectivity index (χ4v) is 1.93. The molecule has 2 aromatic rings. The molecule has 0 saturated carbocycles. The smallest absolute Gasteiger partial charge is 0.181 e. The minimum absolute atomic E-state index is 0.302. The van der Waals surface area contributed by atoms with Crippen molar-refractivity contribution >= 4 is 26.7 Å². The highest BCUT2D eigenvalue weighted by Gasteiger charge is 2.07. The highest BCUT2D eigenvalue weighted by atomic mass is 32.1. The molecule has 0 amide bonds. The summed E-state index contributed by atoms with van der Waals surface area (Å²) in [5.74, 6) is -0.302. The Morgan fingerprint density at radius 3 is 2.25 bits per heavy atom. The zero-order chi connectivity index (χ0) is 12.7. The van der Waals surface area contributed by atoms with Crippen molar-refractivity contribution in [1.82, 2.24) is 4.98 Å². The molecule has 0 aliphatic heterocycles. The zero-order valence-electron chi connectivity index (χ0n) is 10.5. The van der Waals surface area contributed by atoms with E-state index in [2.05, 4.69) is 4.98 Å². The summed E-state index contributed by atoms with van der Waals surface area (Å²) in [5, 5.41) is 0.415. The summed E-state index contributed by atoms with van der Waals surface area (Å²) in [6.07, 6.45) is 0. The standard InChI is InChI=1S/C8H7FN2S.2C2H6/c1-4-2-3-5(9)6-7(4)12-8(10)11-6;2*1-2/h2-3H,1H3,(H2,10,11);2*1-2H3. The van der Waals surface area contributed by atoms with Gasteiger partial charge in [0.25, 0.3) is 0 Å². The first-order chi connectivity index (χ1) is 7.68. The van der Waals surface area contributed by atoms with Gasteiger partial charge in [-0.05, 0) is 18.6 Å². The molecule has 0 aliphatic rings. The third-order valence-corrected chi connectivity index (χ3v) is 2.73. The molecule has 1 heterocycles. The molecule has 2 rings (SSSR count). The fourth-order valence-electron chi connectivity index (χ4n) is 1.12. The maximum absolute atomic E-state index is 13.1. The lowest BCUT2D eigenvalue weighted by Crippen LogP contribution is -1.82. The minimum atomic E-state index is -0.302. The molecule has 1 aromatic heterocycles. The lowest BCUT2D eigenvalue weighted by atomic mass is 10.2. The van der Waals surface area contributed by atoms with Crippen LogP contribution in [-0.2, 0) is 0 Å². The quantitative estimate of drug-likeness (QED) is 0.744. The first kappa shape index (κ1) is 14.8. The third kappa shape index (κ3) is 3.17. The topological polar surface area (TPSA) is 38.9 Å². The molecular weight excluding hydrogens is 223 g/mol. The van der Waals surface area contributed by atoms with Crippen molar-refractivity contribution in [2.75, 3.05) is 5.73 Å². The number of fused-ring (bicyclic) bond motifs is 1. The number of aryl methyl sites for hydroxylation is 1. The van der Waals surface area contributed by atoms with Crippen LogP contribution in [0, 0.1) is 12.7 Å². The van der Waals surface area contributed by atoms with Crippen LogP contribution in [0.1, 0.15) is 33.3 Å². The molecular formula is C12H19FN2S. The number of rotatable bonds is 0. The summed E-state index contributed by atoms with van der Waals surface area (Å²) >= 11 is 1.32. The molecule has 16 heavy (non-hydrogen) atoms. The average Bonchev–Trinajstić information content (AvgIpc) is 2.72. The molecule has 0 spiro atoms. The molecule has 0 saturated heterocycles. The number of halogens is 1. The van der Waals surface area contributed by atoms with E-state index in [1.807, 2.05) is 34.6 Å². The molecule has 90 valence electrons. The summed E-state index contributed by atoms with van der Waals surface area (Å²) in [4.78, 5) is 3.89. The van der Waals surface area contributed by atoms with E-state index in [1.54, 1.807) is 6.07 Å². The Kier molecular flexibility index (Phi) is 6.65. The van der Waals surface area contributed by atoms with E-state index < -0.39 is 0 Å². The number of anilines is 1. The highest BCUT2D eigenvalue weighted by molar-refractivity contribution is 7.22. The Hall–Kier alpha value is -1.16. The second-order valence-electron chi connectivity index (χ2n) is 2.59. The number of hydrogen-bond acceptors (Lipinski definition) is 3. The van der Waals surface area contributed by atoms with Crippen molar-refractivity contribution < 1.29 is 4.39 Å². The Morgan fingerprint density at radius 2 is 1.75 bits per heavy atom. The number of benzene rings is 1. The molecule has 0 radical (unpaired) electrons. The maximum Gasteiger partial charge on any atom is 0.181 e. The van der Waals surface area contributed by atoms with Gasteiger partial charge < -0.3 is 5.73 Å². The van der Waals surface area contributed by atoms with Crippen LogP contribution in [0.5, 0.6) is 0 Å². The summed E-state index contributed by atoms with van der Waals surface area (Å²) in [6, 6.07) is 3.14. The van der Waals surface area contributed by atoms with Gasteiger partial charge in [0.1, 0.15) is 11.3 Å². The molecule has 0 atom stereocenters. The van der Waals surface area contributed by atoms with Crippen LogP contribution in [0.4, 0.5) is 9.52 Å². The summed E-state index contributed by atoms with van der Waals surface area (Å²) in [7, 11) is 0. The molecule has 0 unspecified atom stereocenters. The molecule has 0 fully saturated rings. The van der Waals surface area contributed by atoms with Gasteiger partial charge in [0.05, 0.1) is 4.70 Å². The van der Waals surface area contributed by atoms with E-state index in [4.69, 9.17) is 5.73 Å². The third-order valence-electron chi connectivity index (χ3n) is 1.71. The van der Waals surface area contributed by atoms with Gasteiger partial charge in [0.15, 0.2) is 5.13 Å². The van der Waals surface area contributed by atoms with Crippen LogP contribution < -0.4 is 5.73 Å². The van der Waals surface area contributed by atoms with Gasteiger partial charge in [0, 0.05) is 0 Å². The highest BCUT2D eigenvalue weighted by Crippen LogP contribution is 2.28. The van der Waals surface area contributed by atoms with Crippen LogP contribution in [0.25, 0.3) is 10.2 Å². The van der Waals surface area contributed by atoms with Crippen LogP contribution in [0.3, 0.4) is 0 Å². The molecule has 4 heteroatoms.